The Balaban J connectivity index is 0. The van der Waals surface area contributed by atoms with Gasteiger partial charge in [0.25, 0.3) is 0 Å². The molecule has 0 amide bonds. The second kappa shape index (κ2) is 21.4. The van der Waals surface area contributed by atoms with Crippen molar-refractivity contribution in [2.45, 2.75) is 71.5 Å². The summed E-state index contributed by atoms with van der Waals surface area (Å²) < 4.78 is 10.1. The summed E-state index contributed by atoms with van der Waals surface area (Å²) in [5.41, 5.74) is 0. The number of unbranched alkanes of at least 4 members (excludes halogenated alkanes) is 4. The molecule has 21 heavy (non-hydrogen) atoms. The third-order valence-corrected chi connectivity index (χ3v) is 2.94. The number of carbonyl (C=O) groups is 1. The van der Waals surface area contributed by atoms with Gasteiger partial charge in [0, 0.05) is 14.2 Å². The molecule has 0 aliphatic carbocycles. The van der Waals surface area contributed by atoms with Crippen molar-refractivity contribution in [2.75, 3.05) is 14.2 Å². The lowest BCUT2D eigenvalue weighted by Gasteiger charge is -2.12. The van der Waals surface area contributed by atoms with Gasteiger partial charge in [-0.25, -0.2) is 0 Å². The van der Waals surface area contributed by atoms with Gasteiger partial charge in [-0.1, -0.05) is 51.3 Å². The second-order valence-electron chi connectivity index (χ2n) is 4.77. The van der Waals surface area contributed by atoms with Gasteiger partial charge in [-0.15, -0.1) is 0 Å². The van der Waals surface area contributed by atoms with Crippen LogP contribution in [0.15, 0.2) is 24.3 Å². The Bertz CT molecular complexity index is 243. The first-order valence-corrected chi connectivity index (χ1v) is 8.07. The first-order chi connectivity index (χ1) is 10.3. The van der Waals surface area contributed by atoms with Crippen LogP contribution in [0.2, 0.25) is 0 Å². The maximum atomic E-state index is 9.79. The molecule has 124 valence electrons. The third-order valence-electron chi connectivity index (χ3n) is 2.94. The molecule has 0 bridgehead atoms. The number of hydrogen-bond donors (Lipinski definition) is 0. The van der Waals surface area contributed by atoms with Crippen LogP contribution in [0.3, 0.4) is 0 Å². The van der Waals surface area contributed by atoms with Crippen LogP contribution in [0.4, 0.5) is 0 Å². The van der Waals surface area contributed by atoms with Crippen molar-refractivity contribution in [1.82, 2.24) is 0 Å². The zero-order valence-electron chi connectivity index (χ0n) is 14.3. The normalized spacial score (nSPS) is 11.1. The van der Waals surface area contributed by atoms with Crippen LogP contribution >= 0.6 is 0 Å². The number of aldehydes is 1. The van der Waals surface area contributed by atoms with Gasteiger partial charge in [0.1, 0.15) is 6.29 Å². The van der Waals surface area contributed by atoms with E-state index >= 15 is 0 Å². The summed E-state index contributed by atoms with van der Waals surface area (Å²) in [6.45, 7) is 4.32. The quantitative estimate of drug-likeness (QED) is 0.166. The van der Waals surface area contributed by atoms with Gasteiger partial charge in [0.15, 0.2) is 6.29 Å². The predicted molar refractivity (Wildman–Crippen MR) is 90.4 cm³/mol. The third kappa shape index (κ3) is 21.5. The molecule has 3 nitrogen and oxygen atoms in total. The molecule has 0 spiro atoms. The average Bonchev–Trinajstić information content (AvgIpc) is 2.52. The molecule has 0 aromatic heterocycles. The SMILES string of the molecule is CCC=CCCC=CC=O.CCCCCCC(OC)OC. The van der Waals surface area contributed by atoms with Gasteiger partial charge >= 0.3 is 0 Å². The average molecular weight is 298 g/mol. The Kier molecular flexibility index (Phi) is 22.7. The number of ether oxygens (including phenoxy) is 2. The van der Waals surface area contributed by atoms with E-state index in [-0.39, 0.29) is 6.29 Å². The van der Waals surface area contributed by atoms with Gasteiger partial charge in [0.2, 0.25) is 0 Å². The van der Waals surface area contributed by atoms with Crippen LogP contribution in [0.25, 0.3) is 0 Å². The molecule has 0 rings (SSSR count). The highest BCUT2D eigenvalue weighted by Gasteiger charge is 2.02. The number of allylic oxidation sites excluding steroid dienone is 4. The highest BCUT2D eigenvalue weighted by atomic mass is 16.7. The van der Waals surface area contributed by atoms with Crippen molar-refractivity contribution in [1.29, 1.82) is 0 Å². The molecule has 0 radical (unpaired) electrons. The van der Waals surface area contributed by atoms with E-state index < -0.39 is 0 Å². The van der Waals surface area contributed by atoms with E-state index in [2.05, 4.69) is 26.0 Å². The molecule has 0 saturated heterocycles. The summed E-state index contributed by atoms with van der Waals surface area (Å²) in [5.74, 6) is 0. The van der Waals surface area contributed by atoms with Crippen LogP contribution in [-0.4, -0.2) is 26.8 Å². The molecule has 0 atom stereocenters. The van der Waals surface area contributed by atoms with E-state index in [0.29, 0.717) is 0 Å². The van der Waals surface area contributed by atoms with Crippen LogP contribution < -0.4 is 0 Å². The number of carbonyl (C=O) groups excluding carboxylic acids is 1. The molecule has 0 aromatic rings. The minimum Gasteiger partial charge on any atom is -0.356 e. The minimum absolute atomic E-state index is 0.00635. The molecule has 0 fully saturated rings. The Morgan fingerprint density at radius 2 is 1.57 bits per heavy atom. The molecule has 0 saturated carbocycles. The summed E-state index contributed by atoms with van der Waals surface area (Å²) in [6, 6.07) is 0. The summed E-state index contributed by atoms with van der Waals surface area (Å²) in [7, 11) is 3.38. The summed E-state index contributed by atoms with van der Waals surface area (Å²) >= 11 is 0. The summed E-state index contributed by atoms with van der Waals surface area (Å²) in [4.78, 5) is 9.79. The van der Waals surface area contributed by atoms with E-state index in [9.17, 15) is 4.79 Å². The molecule has 0 N–H and O–H groups in total. The lowest BCUT2D eigenvalue weighted by atomic mass is 10.1. The number of methoxy groups -OCH3 is 2. The van der Waals surface area contributed by atoms with E-state index in [4.69, 9.17) is 9.47 Å². The summed E-state index contributed by atoms with van der Waals surface area (Å²) in [6.07, 6.45) is 17.7. The predicted octanol–water partition coefficient (Wildman–Crippen LogP) is 5.06. The van der Waals surface area contributed by atoms with Crippen LogP contribution in [-0.2, 0) is 14.3 Å². The minimum atomic E-state index is 0.00635. The Morgan fingerprint density at radius 3 is 2.10 bits per heavy atom. The fourth-order valence-electron chi connectivity index (χ4n) is 1.70. The van der Waals surface area contributed by atoms with E-state index in [1.165, 1.54) is 25.7 Å². The smallest absolute Gasteiger partial charge is 0.156 e. The fourth-order valence-corrected chi connectivity index (χ4v) is 1.70. The number of rotatable bonds is 12. The van der Waals surface area contributed by atoms with Gasteiger partial charge in [0.05, 0.1) is 0 Å². The molecule has 0 heterocycles. The van der Waals surface area contributed by atoms with E-state index in [1.807, 2.05) is 6.08 Å². The van der Waals surface area contributed by atoms with Gasteiger partial charge in [-0.2, -0.15) is 0 Å². The molecule has 0 aliphatic heterocycles. The van der Waals surface area contributed by atoms with Crippen molar-refractivity contribution in [3.63, 3.8) is 0 Å². The first-order valence-electron chi connectivity index (χ1n) is 8.07. The molecule has 0 unspecified atom stereocenters. The van der Waals surface area contributed by atoms with E-state index in [1.54, 1.807) is 20.3 Å². The maximum absolute atomic E-state index is 9.79. The van der Waals surface area contributed by atoms with E-state index in [0.717, 1.165) is 32.0 Å². The van der Waals surface area contributed by atoms with Crippen molar-refractivity contribution < 1.29 is 14.3 Å². The first kappa shape index (κ1) is 22.4. The molecule has 3 heteroatoms. The van der Waals surface area contributed by atoms with Crippen molar-refractivity contribution in [2.24, 2.45) is 0 Å². The Morgan fingerprint density at radius 1 is 0.905 bits per heavy atom. The van der Waals surface area contributed by atoms with Crippen molar-refractivity contribution in [3.05, 3.63) is 24.3 Å². The zero-order valence-corrected chi connectivity index (χ0v) is 14.3. The van der Waals surface area contributed by atoms with Gasteiger partial charge in [-0.05, 0) is 38.2 Å². The number of hydrogen-bond acceptors (Lipinski definition) is 3. The van der Waals surface area contributed by atoms with Crippen molar-refractivity contribution in [3.8, 4) is 0 Å². The highest BCUT2D eigenvalue weighted by Crippen LogP contribution is 2.07. The monoisotopic (exact) mass is 298 g/mol. The molecular weight excluding hydrogens is 264 g/mol. The molecule has 0 aliphatic rings. The fraction of sp³-hybridized carbons (Fsp3) is 0.722. The van der Waals surface area contributed by atoms with Crippen LogP contribution in [0.1, 0.15) is 65.2 Å². The molecule has 0 aromatic carbocycles. The van der Waals surface area contributed by atoms with Gasteiger partial charge in [-0.3, -0.25) is 4.79 Å². The summed E-state index contributed by atoms with van der Waals surface area (Å²) in [5, 5.41) is 0. The lowest BCUT2D eigenvalue weighted by molar-refractivity contribution is -0.107. The van der Waals surface area contributed by atoms with Crippen LogP contribution in [0, 0.1) is 0 Å². The highest BCUT2D eigenvalue weighted by molar-refractivity contribution is 5.64. The van der Waals surface area contributed by atoms with Gasteiger partial charge < -0.3 is 9.47 Å². The molecular formula is C18H34O3. The standard InChI is InChI=1S/C9H20O2.C9H14O/c1-4-5-6-7-8-9(10-2)11-3;1-2-3-4-5-6-7-8-9-10/h9H,4-8H2,1-3H3;3-4,7-9H,2,5-6H2,1H3. The largest absolute Gasteiger partial charge is 0.356 e. The lowest BCUT2D eigenvalue weighted by Crippen LogP contribution is -2.12. The second-order valence-corrected chi connectivity index (χ2v) is 4.77. The zero-order chi connectivity index (χ0) is 16.2. The van der Waals surface area contributed by atoms with Crippen molar-refractivity contribution >= 4 is 6.29 Å². The topological polar surface area (TPSA) is 35.5 Å². The Hall–Kier alpha value is -0.930. The van der Waals surface area contributed by atoms with Crippen LogP contribution in [0.5, 0.6) is 0 Å². The maximum Gasteiger partial charge on any atom is 0.156 e. The Labute approximate surface area is 131 Å².